The summed E-state index contributed by atoms with van der Waals surface area (Å²) < 4.78 is 5.86. The lowest BCUT2D eigenvalue weighted by atomic mass is 10.1. The fraction of sp³-hybridized carbons (Fsp3) is 0.160. The van der Waals surface area contributed by atoms with Gasteiger partial charge in [0.15, 0.2) is 0 Å². The largest absolute Gasteiger partial charge is 0.457 e. The van der Waals surface area contributed by atoms with Crippen LogP contribution in [0.1, 0.15) is 30.0 Å². The summed E-state index contributed by atoms with van der Waals surface area (Å²) in [5, 5.41) is 0.527. The maximum atomic E-state index is 13.3. The Kier molecular flexibility index (Phi) is 5.80. The molecule has 0 unspecified atom stereocenters. The number of rotatable bonds is 6. The highest BCUT2D eigenvalue weighted by molar-refractivity contribution is 5.94. The zero-order valence-electron chi connectivity index (χ0n) is 17.4. The molecular formula is C25H23N3O3. The number of hydrogen-bond donors (Lipinski definition) is 1. The zero-order valence-corrected chi connectivity index (χ0v) is 17.4. The molecule has 4 rings (SSSR count). The second-order valence-corrected chi connectivity index (χ2v) is 7.50. The van der Waals surface area contributed by atoms with Gasteiger partial charge in [-0.3, -0.25) is 9.59 Å². The van der Waals surface area contributed by atoms with Crippen molar-refractivity contribution >= 4 is 16.8 Å². The molecule has 0 radical (unpaired) electrons. The first-order valence-corrected chi connectivity index (χ1v) is 10.1. The monoisotopic (exact) mass is 413 g/mol. The average molecular weight is 413 g/mol. The highest BCUT2D eigenvalue weighted by atomic mass is 16.5. The number of carbonyl (C=O) groups excluding carboxylic acids is 1. The number of fused-ring (bicyclic) bond motifs is 1. The normalized spacial score (nSPS) is 10.9. The van der Waals surface area contributed by atoms with Crippen LogP contribution in [0.5, 0.6) is 11.5 Å². The fourth-order valence-electron chi connectivity index (χ4n) is 3.34. The number of aromatic amines is 1. The Bertz CT molecular complexity index is 1270. The van der Waals surface area contributed by atoms with E-state index in [1.165, 1.54) is 0 Å². The van der Waals surface area contributed by atoms with Crippen molar-refractivity contribution in [3.63, 3.8) is 0 Å². The molecule has 1 amide bonds. The number of aromatic nitrogens is 2. The van der Waals surface area contributed by atoms with Crippen LogP contribution in [-0.4, -0.2) is 26.8 Å². The first kappa shape index (κ1) is 20.3. The molecule has 156 valence electrons. The van der Waals surface area contributed by atoms with E-state index in [0.29, 0.717) is 33.8 Å². The molecule has 4 aromatic rings. The lowest BCUT2D eigenvalue weighted by Gasteiger charge is -2.26. The molecule has 0 aliphatic carbocycles. The van der Waals surface area contributed by atoms with E-state index < -0.39 is 0 Å². The molecule has 0 aliphatic rings. The molecular weight excluding hydrogens is 390 g/mol. The predicted octanol–water partition coefficient (Wildman–Crippen LogP) is 4.77. The van der Waals surface area contributed by atoms with E-state index in [2.05, 4.69) is 9.97 Å². The van der Waals surface area contributed by atoms with Crippen LogP contribution in [0.2, 0.25) is 0 Å². The average Bonchev–Trinajstić information content (AvgIpc) is 2.78. The Morgan fingerprint density at radius 2 is 1.68 bits per heavy atom. The number of benzene rings is 3. The number of ether oxygens (including phenoxy) is 1. The summed E-state index contributed by atoms with van der Waals surface area (Å²) >= 11 is 0. The lowest BCUT2D eigenvalue weighted by Crippen LogP contribution is -2.37. The maximum Gasteiger partial charge on any atom is 0.258 e. The second-order valence-electron chi connectivity index (χ2n) is 7.50. The predicted molar refractivity (Wildman–Crippen MR) is 120 cm³/mol. The Labute approximate surface area is 180 Å². The fourth-order valence-corrected chi connectivity index (χ4v) is 3.34. The van der Waals surface area contributed by atoms with Crippen LogP contribution in [-0.2, 0) is 6.54 Å². The minimum Gasteiger partial charge on any atom is -0.457 e. The topological polar surface area (TPSA) is 75.3 Å². The molecule has 6 nitrogen and oxygen atoms in total. The molecule has 0 fully saturated rings. The van der Waals surface area contributed by atoms with Crippen molar-refractivity contribution in [1.29, 1.82) is 0 Å². The highest BCUT2D eigenvalue weighted by Crippen LogP contribution is 2.23. The van der Waals surface area contributed by atoms with Gasteiger partial charge in [0.1, 0.15) is 17.3 Å². The van der Waals surface area contributed by atoms with Gasteiger partial charge in [0.25, 0.3) is 11.5 Å². The SMILES string of the molecule is CC(C)N(Cc1nc2ccccc2c(=O)[nH]1)C(=O)c1cccc(Oc2ccccc2)c1. The highest BCUT2D eigenvalue weighted by Gasteiger charge is 2.21. The van der Waals surface area contributed by atoms with Crippen LogP contribution >= 0.6 is 0 Å². The van der Waals surface area contributed by atoms with E-state index >= 15 is 0 Å². The van der Waals surface area contributed by atoms with E-state index in [-0.39, 0.29) is 24.1 Å². The molecule has 31 heavy (non-hydrogen) atoms. The first-order valence-electron chi connectivity index (χ1n) is 10.1. The van der Waals surface area contributed by atoms with Crippen LogP contribution in [0.25, 0.3) is 10.9 Å². The van der Waals surface area contributed by atoms with Crippen molar-refractivity contribution in [2.45, 2.75) is 26.4 Å². The van der Waals surface area contributed by atoms with Crippen molar-refractivity contribution in [1.82, 2.24) is 14.9 Å². The zero-order chi connectivity index (χ0) is 21.8. The molecule has 0 saturated carbocycles. The number of amides is 1. The van der Waals surface area contributed by atoms with Gasteiger partial charge in [-0.05, 0) is 56.3 Å². The summed E-state index contributed by atoms with van der Waals surface area (Å²) in [6.07, 6.45) is 0. The summed E-state index contributed by atoms with van der Waals surface area (Å²) in [5.74, 6) is 1.57. The van der Waals surface area contributed by atoms with E-state index in [9.17, 15) is 9.59 Å². The van der Waals surface area contributed by atoms with Crippen LogP contribution in [0.4, 0.5) is 0 Å². The number of para-hydroxylation sites is 2. The minimum absolute atomic E-state index is 0.0945. The van der Waals surface area contributed by atoms with E-state index in [4.69, 9.17) is 4.74 Å². The standard InChI is InChI=1S/C25H23N3O3/c1-17(2)28(16-23-26-22-14-7-6-13-21(22)24(29)27-23)25(30)18-9-8-12-20(15-18)31-19-10-4-3-5-11-19/h3-15,17H,16H2,1-2H3,(H,26,27,29). The van der Waals surface area contributed by atoms with Crippen LogP contribution in [0.15, 0.2) is 83.7 Å². The summed E-state index contributed by atoms with van der Waals surface area (Å²) in [6.45, 7) is 4.06. The summed E-state index contributed by atoms with van der Waals surface area (Å²) in [7, 11) is 0. The number of nitrogens with one attached hydrogen (secondary N) is 1. The molecule has 0 atom stereocenters. The van der Waals surface area contributed by atoms with Gasteiger partial charge < -0.3 is 14.6 Å². The number of carbonyl (C=O) groups is 1. The van der Waals surface area contributed by atoms with Crippen LogP contribution in [0.3, 0.4) is 0 Å². The van der Waals surface area contributed by atoms with Gasteiger partial charge >= 0.3 is 0 Å². The van der Waals surface area contributed by atoms with Gasteiger partial charge in [0.2, 0.25) is 0 Å². The molecule has 6 heteroatoms. The lowest BCUT2D eigenvalue weighted by molar-refractivity contribution is 0.0684. The Morgan fingerprint density at radius 1 is 0.968 bits per heavy atom. The molecule has 3 aromatic carbocycles. The first-order chi connectivity index (χ1) is 15.0. The molecule has 1 N–H and O–H groups in total. The van der Waals surface area contributed by atoms with Crippen molar-refractivity contribution in [3.8, 4) is 11.5 Å². The molecule has 1 heterocycles. The quantitative estimate of drug-likeness (QED) is 0.494. The molecule has 0 bridgehead atoms. The van der Waals surface area contributed by atoms with E-state index in [1.807, 2.05) is 56.3 Å². The number of H-pyrrole nitrogens is 1. The second kappa shape index (κ2) is 8.83. The molecule has 1 aromatic heterocycles. The molecule has 0 saturated heterocycles. The Morgan fingerprint density at radius 3 is 2.45 bits per heavy atom. The van der Waals surface area contributed by atoms with Crippen molar-refractivity contribution in [2.75, 3.05) is 0 Å². The van der Waals surface area contributed by atoms with Crippen molar-refractivity contribution in [2.24, 2.45) is 0 Å². The van der Waals surface area contributed by atoms with Gasteiger partial charge in [-0.1, -0.05) is 36.4 Å². The summed E-state index contributed by atoms with van der Waals surface area (Å²) in [5.41, 5.74) is 0.899. The Balaban J connectivity index is 1.59. The molecule has 0 spiro atoms. The smallest absolute Gasteiger partial charge is 0.258 e. The van der Waals surface area contributed by atoms with Crippen molar-refractivity contribution < 1.29 is 9.53 Å². The number of hydrogen-bond acceptors (Lipinski definition) is 4. The van der Waals surface area contributed by atoms with Gasteiger partial charge in [-0.15, -0.1) is 0 Å². The van der Waals surface area contributed by atoms with Crippen LogP contribution < -0.4 is 10.3 Å². The maximum absolute atomic E-state index is 13.3. The van der Waals surface area contributed by atoms with Crippen LogP contribution in [0, 0.1) is 0 Å². The van der Waals surface area contributed by atoms with Gasteiger partial charge in [0, 0.05) is 11.6 Å². The third-order valence-corrected chi connectivity index (χ3v) is 4.93. The Hall–Kier alpha value is -3.93. The van der Waals surface area contributed by atoms with E-state index in [1.54, 1.807) is 41.3 Å². The summed E-state index contributed by atoms with van der Waals surface area (Å²) in [6, 6.07) is 23.6. The minimum atomic E-state index is -0.213. The van der Waals surface area contributed by atoms with Gasteiger partial charge in [-0.2, -0.15) is 0 Å². The third-order valence-electron chi connectivity index (χ3n) is 4.93. The molecule has 0 aliphatic heterocycles. The van der Waals surface area contributed by atoms with E-state index in [0.717, 1.165) is 0 Å². The van der Waals surface area contributed by atoms with Crippen molar-refractivity contribution in [3.05, 3.63) is 101 Å². The summed E-state index contributed by atoms with van der Waals surface area (Å²) in [4.78, 5) is 34.7. The number of nitrogens with zero attached hydrogens (tertiary/aromatic N) is 2. The van der Waals surface area contributed by atoms with Gasteiger partial charge in [-0.25, -0.2) is 4.98 Å². The van der Waals surface area contributed by atoms with Gasteiger partial charge in [0.05, 0.1) is 17.4 Å². The third kappa shape index (κ3) is 4.64.